The van der Waals surface area contributed by atoms with Crippen molar-refractivity contribution < 1.29 is 9.53 Å². The second kappa shape index (κ2) is 8.71. The van der Waals surface area contributed by atoms with E-state index in [0.717, 1.165) is 24.5 Å². The SMILES string of the molecule is N#Cc1cccc(NC(=O)CCCSCC2CCCO2)c1. The molecular weight excluding hydrogens is 284 g/mol. The van der Waals surface area contributed by atoms with Gasteiger partial charge in [0.1, 0.15) is 0 Å². The number of ether oxygens (including phenoxy) is 1. The monoisotopic (exact) mass is 304 g/mol. The van der Waals surface area contributed by atoms with Crippen LogP contribution in [0, 0.1) is 11.3 Å². The Labute approximate surface area is 129 Å². The minimum Gasteiger partial charge on any atom is -0.377 e. The first-order valence-electron chi connectivity index (χ1n) is 7.27. The highest BCUT2D eigenvalue weighted by atomic mass is 32.2. The Kier molecular flexibility index (Phi) is 6.58. The maximum absolute atomic E-state index is 11.8. The van der Waals surface area contributed by atoms with E-state index < -0.39 is 0 Å². The van der Waals surface area contributed by atoms with Crippen molar-refractivity contribution in [3.63, 3.8) is 0 Å². The number of rotatable bonds is 7. The number of amides is 1. The van der Waals surface area contributed by atoms with E-state index in [1.807, 2.05) is 11.8 Å². The van der Waals surface area contributed by atoms with Gasteiger partial charge in [0.05, 0.1) is 17.7 Å². The van der Waals surface area contributed by atoms with Crippen molar-refractivity contribution >= 4 is 23.4 Å². The number of benzene rings is 1. The highest BCUT2D eigenvalue weighted by Gasteiger charge is 2.14. The van der Waals surface area contributed by atoms with Crippen LogP contribution < -0.4 is 5.32 Å². The van der Waals surface area contributed by atoms with Gasteiger partial charge in [-0.05, 0) is 43.2 Å². The van der Waals surface area contributed by atoms with Gasteiger partial charge in [0.15, 0.2) is 0 Å². The first-order chi connectivity index (χ1) is 10.3. The minimum atomic E-state index is 0.00260. The van der Waals surface area contributed by atoms with Crippen LogP contribution in [0.5, 0.6) is 0 Å². The molecule has 0 aromatic heterocycles. The minimum absolute atomic E-state index is 0.00260. The number of nitrogens with zero attached hydrogens (tertiary/aromatic N) is 1. The Bertz CT molecular complexity index is 507. The average molecular weight is 304 g/mol. The van der Waals surface area contributed by atoms with E-state index in [4.69, 9.17) is 10.00 Å². The Hall–Kier alpha value is -1.51. The number of hydrogen-bond donors (Lipinski definition) is 1. The summed E-state index contributed by atoms with van der Waals surface area (Å²) in [5.74, 6) is 2.01. The van der Waals surface area contributed by atoms with Gasteiger partial charge in [0.2, 0.25) is 5.91 Å². The number of nitriles is 1. The Morgan fingerprint density at radius 2 is 2.43 bits per heavy atom. The summed E-state index contributed by atoms with van der Waals surface area (Å²) in [7, 11) is 0. The molecule has 0 spiro atoms. The van der Waals surface area contributed by atoms with Crippen molar-refractivity contribution in [2.75, 3.05) is 23.4 Å². The predicted molar refractivity (Wildman–Crippen MR) is 85.3 cm³/mol. The molecule has 112 valence electrons. The fraction of sp³-hybridized carbons (Fsp3) is 0.500. The van der Waals surface area contributed by atoms with Gasteiger partial charge in [-0.3, -0.25) is 4.79 Å². The predicted octanol–water partition coefficient (Wildman–Crippen LogP) is 3.19. The zero-order valence-corrected chi connectivity index (χ0v) is 12.8. The molecule has 1 aliphatic heterocycles. The molecule has 0 bridgehead atoms. The van der Waals surface area contributed by atoms with Crippen molar-refractivity contribution in [1.82, 2.24) is 0 Å². The van der Waals surface area contributed by atoms with Gasteiger partial charge in [-0.25, -0.2) is 0 Å². The molecule has 0 aliphatic carbocycles. The molecule has 1 aromatic carbocycles. The van der Waals surface area contributed by atoms with Gasteiger partial charge < -0.3 is 10.1 Å². The zero-order valence-electron chi connectivity index (χ0n) is 12.0. The van der Waals surface area contributed by atoms with Gasteiger partial charge in [-0.15, -0.1) is 0 Å². The number of carbonyl (C=O) groups excluding carboxylic acids is 1. The lowest BCUT2D eigenvalue weighted by Crippen LogP contribution is -2.12. The lowest BCUT2D eigenvalue weighted by atomic mass is 10.2. The normalized spacial score (nSPS) is 17.4. The molecule has 1 saturated heterocycles. The van der Waals surface area contributed by atoms with E-state index >= 15 is 0 Å². The van der Waals surface area contributed by atoms with E-state index in [1.165, 1.54) is 12.8 Å². The fourth-order valence-corrected chi connectivity index (χ4v) is 3.26. The van der Waals surface area contributed by atoms with Crippen LogP contribution >= 0.6 is 11.8 Å². The van der Waals surface area contributed by atoms with Gasteiger partial charge in [-0.1, -0.05) is 6.07 Å². The van der Waals surface area contributed by atoms with Gasteiger partial charge in [0, 0.05) is 24.5 Å². The van der Waals surface area contributed by atoms with Crippen LogP contribution in [-0.4, -0.2) is 30.1 Å². The highest BCUT2D eigenvalue weighted by Crippen LogP contribution is 2.18. The van der Waals surface area contributed by atoms with Crippen LogP contribution in [0.2, 0.25) is 0 Å². The molecule has 1 aliphatic rings. The quantitative estimate of drug-likeness (QED) is 0.786. The average Bonchev–Trinajstić information content (AvgIpc) is 3.00. The molecule has 1 fully saturated rings. The van der Waals surface area contributed by atoms with Crippen LogP contribution in [0.15, 0.2) is 24.3 Å². The summed E-state index contributed by atoms with van der Waals surface area (Å²) >= 11 is 1.86. The third kappa shape index (κ3) is 5.78. The van der Waals surface area contributed by atoms with Crippen molar-refractivity contribution in [2.24, 2.45) is 0 Å². The first kappa shape index (κ1) is 15.9. The number of carbonyl (C=O) groups is 1. The number of nitrogens with one attached hydrogen (secondary N) is 1. The molecule has 1 amide bonds. The standard InChI is InChI=1S/C16H20N2O2S/c17-11-13-4-1-5-14(10-13)18-16(19)7-3-9-21-12-15-6-2-8-20-15/h1,4-5,10,15H,2-3,6-9,12H2,(H,18,19). The Balaban J connectivity index is 1.59. The summed E-state index contributed by atoms with van der Waals surface area (Å²) in [4.78, 5) is 11.8. The maximum Gasteiger partial charge on any atom is 0.224 e. The first-order valence-corrected chi connectivity index (χ1v) is 8.43. The van der Waals surface area contributed by atoms with Crippen LogP contribution in [-0.2, 0) is 9.53 Å². The Morgan fingerprint density at radius 1 is 1.52 bits per heavy atom. The lowest BCUT2D eigenvalue weighted by molar-refractivity contribution is -0.116. The van der Waals surface area contributed by atoms with Crippen LogP contribution in [0.3, 0.4) is 0 Å². The van der Waals surface area contributed by atoms with Crippen molar-refractivity contribution in [3.8, 4) is 6.07 Å². The third-order valence-electron chi connectivity index (χ3n) is 3.30. The summed E-state index contributed by atoms with van der Waals surface area (Å²) in [6.45, 7) is 0.898. The molecule has 1 aromatic rings. The topological polar surface area (TPSA) is 62.1 Å². The summed E-state index contributed by atoms with van der Waals surface area (Å²) < 4.78 is 5.55. The summed E-state index contributed by atoms with van der Waals surface area (Å²) in [6, 6.07) is 9.03. The van der Waals surface area contributed by atoms with E-state index in [-0.39, 0.29) is 5.91 Å². The van der Waals surface area contributed by atoms with Crippen LogP contribution in [0.1, 0.15) is 31.2 Å². The molecule has 0 radical (unpaired) electrons. The molecule has 1 N–H and O–H groups in total. The second-order valence-electron chi connectivity index (χ2n) is 5.05. The van der Waals surface area contributed by atoms with Crippen molar-refractivity contribution in [1.29, 1.82) is 5.26 Å². The molecule has 1 heterocycles. The van der Waals surface area contributed by atoms with E-state index in [0.29, 0.717) is 23.8 Å². The van der Waals surface area contributed by atoms with E-state index in [9.17, 15) is 4.79 Å². The number of hydrogen-bond acceptors (Lipinski definition) is 4. The third-order valence-corrected chi connectivity index (χ3v) is 4.48. The largest absolute Gasteiger partial charge is 0.377 e. The van der Waals surface area contributed by atoms with Crippen LogP contribution in [0.25, 0.3) is 0 Å². The lowest BCUT2D eigenvalue weighted by Gasteiger charge is -2.08. The molecule has 1 unspecified atom stereocenters. The molecule has 4 nitrogen and oxygen atoms in total. The number of anilines is 1. The highest BCUT2D eigenvalue weighted by molar-refractivity contribution is 7.99. The zero-order chi connectivity index (χ0) is 14.9. The smallest absolute Gasteiger partial charge is 0.224 e. The molecule has 1 atom stereocenters. The summed E-state index contributed by atoms with van der Waals surface area (Å²) in [5.41, 5.74) is 1.24. The van der Waals surface area contributed by atoms with Gasteiger partial charge >= 0.3 is 0 Å². The van der Waals surface area contributed by atoms with Crippen molar-refractivity contribution in [2.45, 2.75) is 31.8 Å². The maximum atomic E-state index is 11.8. The van der Waals surface area contributed by atoms with E-state index in [1.54, 1.807) is 24.3 Å². The fourth-order valence-electron chi connectivity index (χ4n) is 2.22. The van der Waals surface area contributed by atoms with Crippen molar-refractivity contribution in [3.05, 3.63) is 29.8 Å². The van der Waals surface area contributed by atoms with Gasteiger partial charge in [0.25, 0.3) is 0 Å². The number of thioether (sulfide) groups is 1. The second-order valence-corrected chi connectivity index (χ2v) is 6.20. The molecule has 5 heteroatoms. The molecule has 21 heavy (non-hydrogen) atoms. The van der Waals surface area contributed by atoms with Crippen LogP contribution in [0.4, 0.5) is 5.69 Å². The van der Waals surface area contributed by atoms with Gasteiger partial charge in [-0.2, -0.15) is 17.0 Å². The molecular formula is C16H20N2O2S. The molecule has 0 saturated carbocycles. The summed E-state index contributed by atoms with van der Waals surface area (Å²) in [6.07, 6.45) is 4.13. The Morgan fingerprint density at radius 3 is 3.19 bits per heavy atom. The summed E-state index contributed by atoms with van der Waals surface area (Å²) in [5, 5.41) is 11.6. The molecule has 2 rings (SSSR count). The van der Waals surface area contributed by atoms with E-state index in [2.05, 4.69) is 11.4 Å².